The van der Waals surface area contributed by atoms with Crippen LogP contribution in [-0.2, 0) is 4.74 Å². The van der Waals surface area contributed by atoms with Gasteiger partial charge in [0.1, 0.15) is 11.9 Å². The maximum absolute atomic E-state index is 6.08. The largest absolute Gasteiger partial charge is 0.383 e. The van der Waals surface area contributed by atoms with Crippen LogP contribution >= 0.6 is 23.2 Å². The van der Waals surface area contributed by atoms with E-state index in [1.54, 1.807) is 12.3 Å². The molecule has 0 radical (unpaired) electrons. The number of nitrogens with two attached hydrogens (primary N) is 1. The molecule has 7 heteroatoms. The van der Waals surface area contributed by atoms with E-state index >= 15 is 0 Å². The first kappa shape index (κ1) is 15.3. The second-order valence-corrected chi connectivity index (χ2v) is 6.03. The smallest absolute Gasteiger partial charge is 0.227 e. The lowest BCUT2D eigenvalue weighted by Crippen LogP contribution is -2.39. The van der Waals surface area contributed by atoms with E-state index < -0.39 is 0 Å². The fourth-order valence-corrected chi connectivity index (χ4v) is 2.65. The number of rotatable bonds is 2. The second kappa shape index (κ2) is 6.28. The van der Waals surface area contributed by atoms with Crippen LogP contribution in [-0.4, -0.2) is 29.7 Å². The Morgan fingerprint density at radius 3 is 2.86 bits per heavy atom. The van der Waals surface area contributed by atoms with Crippen molar-refractivity contribution in [3.63, 3.8) is 0 Å². The molecule has 0 saturated carbocycles. The summed E-state index contributed by atoms with van der Waals surface area (Å²) in [5.74, 6) is 1.12. The summed E-state index contributed by atoms with van der Waals surface area (Å²) < 4.78 is 5.83. The molecule has 1 aliphatic rings. The van der Waals surface area contributed by atoms with Crippen LogP contribution in [0.15, 0.2) is 24.4 Å². The van der Waals surface area contributed by atoms with Gasteiger partial charge in [-0.1, -0.05) is 29.3 Å². The molecule has 0 aliphatic carbocycles. The van der Waals surface area contributed by atoms with Crippen molar-refractivity contribution in [1.82, 2.24) is 9.97 Å². The van der Waals surface area contributed by atoms with Crippen LogP contribution in [0.4, 0.5) is 11.8 Å². The van der Waals surface area contributed by atoms with Crippen LogP contribution in [0.1, 0.15) is 17.2 Å². The second-order valence-electron chi connectivity index (χ2n) is 5.22. The molecule has 0 bridgehead atoms. The molecule has 5 nitrogen and oxygen atoms in total. The van der Waals surface area contributed by atoms with Crippen molar-refractivity contribution in [2.24, 2.45) is 0 Å². The maximum atomic E-state index is 6.08. The minimum absolute atomic E-state index is 0.102. The zero-order valence-electron chi connectivity index (χ0n) is 12.1. The number of nitrogen functional groups attached to an aromatic ring is 1. The average molecular weight is 339 g/mol. The topological polar surface area (TPSA) is 64.3 Å². The zero-order valence-corrected chi connectivity index (χ0v) is 13.6. The first-order valence-electron chi connectivity index (χ1n) is 6.95. The molecule has 1 fully saturated rings. The molecule has 0 amide bonds. The Morgan fingerprint density at radius 2 is 2.14 bits per heavy atom. The molecule has 116 valence electrons. The fourth-order valence-electron chi connectivity index (χ4n) is 2.34. The highest BCUT2D eigenvalue weighted by molar-refractivity contribution is 6.42. The minimum Gasteiger partial charge on any atom is -0.383 e. The summed E-state index contributed by atoms with van der Waals surface area (Å²) in [6, 6.07) is 5.54. The molecule has 2 heterocycles. The van der Waals surface area contributed by atoms with Crippen LogP contribution < -0.4 is 10.6 Å². The normalized spacial score (nSPS) is 18.5. The molecule has 0 spiro atoms. The lowest BCUT2D eigenvalue weighted by molar-refractivity contribution is 0.0392. The van der Waals surface area contributed by atoms with E-state index in [4.69, 9.17) is 33.7 Å². The summed E-state index contributed by atoms with van der Waals surface area (Å²) in [6.45, 7) is 3.83. The Kier molecular flexibility index (Phi) is 4.38. The molecule has 1 aliphatic heterocycles. The molecule has 3 rings (SSSR count). The fraction of sp³-hybridized carbons (Fsp3) is 0.333. The van der Waals surface area contributed by atoms with Crippen molar-refractivity contribution in [3.8, 4) is 0 Å². The van der Waals surface area contributed by atoms with E-state index in [1.165, 1.54) is 0 Å². The van der Waals surface area contributed by atoms with E-state index in [0.717, 1.165) is 17.7 Å². The Morgan fingerprint density at radius 1 is 1.32 bits per heavy atom. The first-order chi connectivity index (χ1) is 10.5. The molecule has 1 atom stereocenters. The molecule has 1 unspecified atom stereocenters. The Balaban J connectivity index is 1.81. The van der Waals surface area contributed by atoms with E-state index in [9.17, 15) is 0 Å². The zero-order chi connectivity index (χ0) is 15.7. The number of anilines is 2. The standard InChI is InChI=1S/C15H16Cl2N4O/c1-9-7-19-15(20-14(9)18)21-4-5-22-13(8-21)10-2-3-11(16)12(17)6-10/h2-3,6-7,13H,4-5,8H2,1H3,(H2,18,19,20). The highest BCUT2D eigenvalue weighted by Crippen LogP contribution is 2.30. The highest BCUT2D eigenvalue weighted by Gasteiger charge is 2.24. The van der Waals surface area contributed by atoms with Gasteiger partial charge in [-0.15, -0.1) is 0 Å². The van der Waals surface area contributed by atoms with E-state index in [2.05, 4.69) is 14.9 Å². The number of hydrogen-bond acceptors (Lipinski definition) is 5. The van der Waals surface area contributed by atoms with Gasteiger partial charge in [0.15, 0.2) is 0 Å². The van der Waals surface area contributed by atoms with Crippen molar-refractivity contribution in [2.75, 3.05) is 30.3 Å². The van der Waals surface area contributed by atoms with E-state index in [1.807, 2.05) is 19.1 Å². The number of halogens is 2. The number of ether oxygens (including phenoxy) is 1. The number of hydrogen-bond donors (Lipinski definition) is 1. The van der Waals surface area contributed by atoms with Crippen LogP contribution in [0.25, 0.3) is 0 Å². The lowest BCUT2D eigenvalue weighted by Gasteiger charge is -2.33. The van der Waals surface area contributed by atoms with Gasteiger partial charge in [0, 0.05) is 18.3 Å². The van der Waals surface area contributed by atoms with Crippen LogP contribution in [0.3, 0.4) is 0 Å². The predicted molar refractivity (Wildman–Crippen MR) is 88.5 cm³/mol. The quantitative estimate of drug-likeness (QED) is 0.910. The van der Waals surface area contributed by atoms with E-state index in [-0.39, 0.29) is 6.10 Å². The van der Waals surface area contributed by atoms with Gasteiger partial charge in [-0.05, 0) is 24.6 Å². The van der Waals surface area contributed by atoms with Crippen LogP contribution in [0, 0.1) is 6.92 Å². The number of aromatic nitrogens is 2. The third-order valence-electron chi connectivity index (χ3n) is 3.66. The van der Waals surface area contributed by atoms with E-state index in [0.29, 0.717) is 35.0 Å². The summed E-state index contributed by atoms with van der Waals surface area (Å²) in [7, 11) is 0. The third-order valence-corrected chi connectivity index (χ3v) is 4.40. The first-order valence-corrected chi connectivity index (χ1v) is 7.71. The molecule has 2 N–H and O–H groups in total. The summed E-state index contributed by atoms with van der Waals surface area (Å²) in [6.07, 6.45) is 1.64. The van der Waals surface area contributed by atoms with Crippen molar-refractivity contribution in [1.29, 1.82) is 0 Å². The van der Waals surface area contributed by atoms with Crippen molar-refractivity contribution in [3.05, 3.63) is 45.6 Å². The van der Waals surface area contributed by atoms with Gasteiger partial charge in [-0.2, -0.15) is 4.98 Å². The molecule has 2 aromatic rings. The van der Waals surface area contributed by atoms with Gasteiger partial charge in [-0.3, -0.25) is 0 Å². The number of benzene rings is 1. The van der Waals surface area contributed by atoms with Crippen LogP contribution in [0.5, 0.6) is 0 Å². The summed E-state index contributed by atoms with van der Waals surface area (Å²) in [5, 5.41) is 1.06. The molecular formula is C15H16Cl2N4O. The Labute approximate surface area is 139 Å². The van der Waals surface area contributed by atoms with Gasteiger partial charge in [0.05, 0.1) is 23.2 Å². The maximum Gasteiger partial charge on any atom is 0.227 e. The van der Waals surface area contributed by atoms with Gasteiger partial charge in [0.25, 0.3) is 0 Å². The van der Waals surface area contributed by atoms with Crippen molar-refractivity contribution < 1.29 is 4.74 Å². The molecule has 1 aromatic carbocycles. The predicted octanol–water partition coefficient (Wildman–Crippen LogP) is 3.25. The number of morpholine rings is 1. The summed E-state index contributed by atoms with van der Waals surface area (Å²) in [5.41, 5.74) is 7.73. The molecular weight excluding hydrogens is 323 g/mol. The lowest BCUT2D eigenvalue weighted by atomic mass is 10.1. The van der Waals surface area contributed by atoms with Crippen LogP contribution in [0.2, 0.25) is 10.0 Å². The Hall–Kier alpha value is -1.56. The number of aryl methyl sites for hydroxylation is 1. The molecule has 1 saturated heterocycles. The highest BCUT2D eigenvalue weighted by atomic mass is 35.5. The Bertz CT molecular complexity index is 638. The average Bonchev–Trinajstić information content (AvgIpc) is 2.53. The van der Waals surface area contributed by atoms with Crippen molar-refractivity contribution in [2.45, 2.75) is 13.0 Å². The van der Waals surface area contributed by atoms with Gasteiger partial charge >= 0.3 is 0 Å². The van der Waals surface area contributed by atoms with Gasteiger partial charge in [0.2, 0.25) is 5.95 Å². The van der Waals surface area contributed by atoms with Gasteiger partial charge in [-0.25, -0.2) is 4.98 Å². The number of nitrogens with zero attached hydrogens (tertiary/aromatic N) is 3. The van der Waals surface area contributed by atoms with Crippen molar-refractivity contribution >= 4 is 35.0 Å². The summed E-state index contributed by atoms with van der Waals surface area (Å²) in [4.78, 5) is 10.8. The molecule has 22 heavy (non-hydrogen) atoms. The van der Waals surface area contributed by atoms with Gasteiger partial charge < -0.3 is 15.4 Å². The minimum atomic E-state index is -0.102. The third kappa shape index (κ3) is 3.11. The monoisotopic (exact) mass is 338 g/mol. The SMILES string of the molecule is Cc1cnc(N2CCOC(c3ccc(Cl)c(Cl)c3)C2)nc1N. The molecule has 1 aromatic heterocycles. The summed E-state index contributed by atoms with van der Waals surface area (Å²) >= 11 is 12.0.